The van der Waals surface area contributed by atoms with Crippen LogP contribution in [0.1, 0.15) is 5.56 Å². The van der Waals surface area contributed by atoms with Gasteiger partial charge in [0.15, 0.2) is 0 Å². The van der Waals surface area contributed by atoms with Gasteiger partial charge in [-0.1, -0.05) is 12.1 Å². The molecule has 7 heteroatoms. The van der Waals surface area contributed by atoms with E-state index in [4.69, 9.17) is 4.74 Å². The zero-order valence-electron chi connectivity index (χ0n) is 12.2. The molecule has 0 bridgehead atoms. The fourth-order valence-corrected chi connectivity index (χ4v) is 3.37. The second-order valence-electron chi connectivity index (χ2n) is 5.15. The lowest BCUT2D eigenvalue weighted by Crippen LogP contribution is -2.23. The zero-order chi connectivity index (χ0) is 15.6. The van der Waals surface area contributed by atoms with Crippen LogP contribution in [0.2, 0.25) is 0 Å². The van der Waals surface area contributed by atoms with Crippen molar-refractivity contribution >= 4 is 39.2 Å². The average Bonchev–Trinajstić information content (AvgIpc) is 3.22. The molecule has 1 fully saturated rings. The van der Waals surface area contributed by atoms with Gasteiger partial charge < -0.3 is 10.1 Å². The number of rotatable bonds is 4. The minimum absolute atomic E-state index is 0.286. The molecule has 1 N–H and O–H groups in total. The van der Waals surface area contributed by atoms with E-state index in [9.17, 15) is 4.79 Å². The van der Waals surface area contributed by atoms with Crippen LogP contribution in [0.4, 0.5) is 16.3 Å². The van der Waals surface area contributed by atoms with Gasteiger partial charge in [-0.2, -0.15) is 0 Å². The largest absolute Gasteiger partial charge is 0.447 e. The summed E-state index contributed by atoms with van der Waals surface area (Å²) in [4.78, 5) is 21.8. The quantitative estimate of drug-likeness (QED) is 0.797. The zero-order valence-corrected chi connectivity index (χ0v) is 13.0. The summed E-state index contributed by atoms with van der Waals surface area (Å²) in [6, 6.07) is 9.85. The van der Waals surface area contributed by atoms with E-state index >= 15 is 0 Å². The number of hydrogen-bond donors (Lipinski definition) is 1. The van der Waals surface area contributed by atoms with Crippen LogP contribution in [-0.4, -0.2) is 29.2 Å². The number of nitrogens with one attached hydrogen (secondary N) is 1. The smallest absolute Gasteiger partial charge is 0.414 e. The number of cyclic esters (lactones) is 1. The highest BCUT2D eigenvalue weighted by Crippen LogP contribution is 2.26. The molecule has 6 nitrogen and oxygen atoms in total. The summed E-state index contributed by atoms with van der Waals surface area (Å²) in [7, 11) is 0. The predicted molar refractivity (Wildman–Crippen MR) is 89.9 cm³/mol. The van der Waals surface area contributed by atoms with E-state index in [-0.39, 0.29) is 6.09 Å². The number of benzene rings is 1. The van der Waals surface area contributed by atoms with Gasteiger partial charge in [-0.05, 0) is 29.1 Å². The Bertz CT molecular complexity index is 864. The summed E-state index contributed by atoms with van der Waals surface area (Å²) in [6.45, 7) is 1.66. The number of hydrogen-bond acceptors (Lipinski definition) is 6. The van der Waals surface area contributed by atoms with Crippen LogP contribution in [-0.2, 0) is 11.3 Å². The standard InChI is InChI=1S/C16H14N4O2S/c21-16-20(5-6-22-16)12-3-1-2-11(8-12)9-17-15-14-13(4-7-23-14)18-10-19-15/h1-4,7-8,10H,5-6,9H2,(H,17,18,19). The number of fused-ring (bicyclic) bond motifs is 1. The highest BCUT2D eigenvalue weighted by Gasteiger charge is 2.23. The molecule has 0 atom stereocenters. The first-order chi connectivity index (χ1) is 11.3. The molecule has 116 valence electrons. The van der Waals surface area contributed by atoms with Crippen molar-refractivity contribution in [2.75, 3.05) is 23.4 Å². The summed E-state index contributed by atoms with van der Waals surface area (Å²) in [6.07, 6.45) is 1.28. The van der Waals surface area contributed by atoms with Crippen LogP contribution < -0.4 is 10.2 Å². The number of anilines is 2. The third-order valence-electron chi connectivity index (χ3n) is 3.69. The van der Waals surface area contributed by atoms with Crippen LogP contribution in [0.5, 0.6) is 0 Å². The van der Waals surface area contributed by atoms with Crippen molar-refractivity contribution in [3.05, 3.63) is 47.6 Å². The molecule has 1 saturated heterocycles. The average molecular weight is 326 g/mol. The molecule has 2 aromatic heterocycles. The summed E-state index contributed by atoms with van der Waals surface area (Å²) >= 11 is 1.62. The molecule has 1 amide bonds. The molecule has 3 heterocycles. The monoisotopic (exact) mass is 326 g/mol. The third kappa shape index (κ3) is 2.70. The molecular weight excluding hydrogens is 312 g/mol. The van der Waals surface area contributed by atoms with Gasteiger partial charge in [-0.15, -0.1) is 11.3 Å². The molecule has 0 unspecified atom stereocenters. The van der Waals surface area contributed by atoms with Crippen molar-refractivity contribution in [1.82, 2.24) is 9.97 Å². The second-order valence-corrected chi connectivity index (χ2v) is 6.06. The molecule has 1 aromatic carbocycles. The summed E-state index contributed by atoms with van der Waals surface area (Å²) in [5, 5.41) is 5.35. The van der Waals surface area contributed by atoms with Crippen molar-refractivity contribution in [3.63, 3.8) is 0 Å². The van der Waals surface area contributed by atoms with Crippen molar-refractivity contribution < 1.29 is 9.53 Å². The van der Waals surface area contributed by atoms with E-state index in [0.717, 1.165) is 27.3 Å². The number of aromatic nitrogens is 2. The number of carbonyl (C=O) groups is 1. The van der Waals surface area contributed by atoms with E-state index in [0.29, 0.717) is 19.7 Å². The van der Waals surface area contributed by atoms with E-state index in [1.807, 2.05) is 35.7 Å². The number of nitrogens with zero attached hydrogens (tertiary/aromatic N) is 3. The Morgan fingerprint density at radius 3 is 3.13 bits per heavy atom. The molecule has 1 aliphatic rings. The topological polar surface area (TPSA) is 67.3 Å². The van der Waals surface area contributed by atoms with Gasteiger partial charge >= 0.3 is 6.09 Å². The number of thiophene rings is 1. The van der Waals surface area contributed by atoms with Gasteiger partial charge in [0, 0.05) is 12.2 Å². The molecule has 3 aromatic rings. The van der Waals surface area contributed by atoms with Crippen LogP contribution >= 0.6 is 11.3 Å². The third-order valence-corrected chi connectivity index (χ3v) is 4.60. The van der Waals surface area contributed by atoms with Crippen LogP contribution in [0.15, 0.2) is 42.0 Å². The van der Waals surface area contributed by atoms with Crippen molar-refractivity contribution in [2.45, 2.75) is 6.54 Å². The Kier molecular flexibility index (Phi) is 3.55. The van der Waals surface area contributed by atoms with Gasteiger partial charge in [-0.3, -0.25) is 4.90 Å². The second kappa shape index (κ2) is 5.85. The molecule has 0 spiro atoms. The Labute approximate surface area is 136 Å². The Balaban J connectivity index is 1.53. The van der Waals surface area contributed by atoms with E-state index in [2.05, 4.69) is 15.3 Å². The molecule has 0 saturated carbocycles. The summed E-state index contributed by atoms with van der Waals surface area (Å²) in [5.74, 6) is 0.830. The minimum atomic E-state index is -0.286. The van der Waals surface area contributed by atoms with Crippen molar-refractivity contribution in [1.29, 1.82) is 0 Å². The molecular formula is C16H14N4O2S. The van der Waals surface area contributed by atoms with Gasteiger partial charge in [0.2, 0.25) is 0 Å². The summed E-state index contributed by atoms with van der Waals surface area (Å²) < 4.78 is 6.03. The Morgan fingerprint density at radius 1 is 1.30 bits per heavy atom. The van der Waals surface area contributed by atoms with Crippen LogP contribution in [0.3, 0.4) is 0 Å². The van der Waals surface area contributed by atoms with Crippen molar-refractivity contribution in [2.24, 2.45) is 0 Å². The summed E-state index contributed by atoms with van der Waals surface area (Å²) in [5.41, 5.74) is 2.88. The number of carbonyl (C=O) groups excluding carboxylic acids is 1. The van der Waals surface area contributed by atoms with E-state index in [1.165, 1.54) is 0 Å². The SMILES string of the molecule is O=C1OCCN1c1cccc(CNc2ncnc3ccsc23)c1. The molecule has 0 radical (unpaired) electrons. The minimum Gasteiger partial charge on any atom is -0.447 e. The maximum Gasteiger partial charge on any atom is 0.414 e. The molecule has 1 aliphatic heterocycles. The molecule has 23 heavy (non-hydrogen) atoms. The van der Waals surface area contributed by atoms with Crippen LogP contribution in [0, 0.1) is 0 Å². The van der Waals surface area contributed by atoms with Crippen molar-refractivity contribution in [3.8, 4) is 0 Å². The fourth-order valence-electron chi connectivity index (χ4n) is 2.56. The normalized spacial score (nSPS) is 14.3. The molecule has 4 rings (SSSR count). The van der Waals surface area contributed by atoms with E-state index in [1.54, 1.807) is 22.6 Å². The Morgan fingerprint density at radius 2 is 2.26 bits per heavy atom. The lowest BCUT2D eigenvalue weighted by Gasteiger charge is -2.14. The maximum absolute atomic E-state index is 11.7. The number of ether oxygens (including phenoxy) is 1. The highest BCUT2D eigenvalue weighted by molar-refractivity contribution is 7.17. The fraction of sp³-hybridized carbons (Fsp3) is 0.188. The predicted octanol–water partition coefficient (Wildman–Crippen LogP) is 3.26. The molecule has 0 aliphatic carbocycles. The first-order valence-corrected chi connectivity index (χ1v) is 8.14. The van der Waals surface area contributed by atoms with Gasteiger partial charge in [0.05, 0.1) is 16.8 Å². The van der Waals surface area contributed by atoms with Gasteiger partial charge in [-0.25, -0.2) is 14.8 Å². The van der Waals surface area contributed by atoms with Gasteiger partial charge in [0.1, 0.15) is 18.8 Å². The maximum atomic E-state index is 11.7. The highest BCUT2D eigenvalue weighted by atomic mass is 32.1. The first kappa shape index (κ1) is 14.0. The Hall–Kier alpha value is -2.67. The van der Waals surface area contributed by atoms with Gasteiger partial charge in [0.25, 0.3) is 0 Å². The lowest BCUT2D eigenvalue weighted by molar-refractivity contribution is 0.181. The first-order valence-electron chi connectivity index (χ1n) is 7.26. The lowest BCUT2D eigenvalue weighted by atomic mass is 10.2. The number of amides is 1. The van der Waals surface area contributed by atoms with E-state index < -0.39 is 0 Å². The van der Waals surface area contributed by atoms with Crippen LogP contribution in [0.25, 0.3) is 10.2 Å².